The van der Waals surface area contributed by atoms with Gasteiger partial charge in [0.1, 0.15) is 0 Å². The van der Waals surface area contributed by atoms with Crippen LogP contribution in [0.1, 0.15) is 41.6 Å². The van der Waals surface area contributed by atoms with Crippen LogP contribution in [0.4, 0.5) is 0 Å². The first-order chi connectivity index (χ1) is 16.2. The molecule has 4 heteroatoms. The zero-order valence-electron chi connectivity index (χ0n) is 18.9. The fourth-order valence-electron chi connectivity index (χ4n) is 4.23. The van der Waals surface area contributed by atoms with Gasteiger partial charge in [-0.25, -0.2) is 0 Å². The van der Waals surface area contributed by atoms with E-state index in [2.05, 4.69) is 35.9 Å². The number of nitrogens with zero attached hydrogens (tertiary/aromatic N) is 2. The van der Waals surface area contributed by atoms with Crippen LogP contribution in [0.25, 0.3) is 0 Å². The average Bonchev–Trinajstić information content (AvgIpc) is 3.28. The van der Waals surface area contributed by atoms with Gasteiger partial charge in [-0.15, -0.1) is 0 Å². The molecule has 0 N–H and O–H groups in total. The van der Waals surface area contributed by atoms with Gasteiger partial charge in [0.15, 0.2) is 0 Å². The Morgan fingerprint density at radius 1 is 0.848 bits per heavy atom. The number of aromatic nitrogens is 1. The Bertz CT molecular complexity index is 1170. The van der Waals surface area contributed by atoms with Crippen LogP contribution in [0.2, 0.25) is 5.02 Å². The number of halogens is 1. The highest BCUT2D eigenvalue weighted by Crippen LogP contribution is 2.25. The van der Waals surface area contributed by atoms with Gasteiger partial charge in [-0.2, -0.15) is 0 Å². The molecule has 0 bridgehead atoms. The fraction of sp³-hybridized carbons (Fsp3) is 0.207. The van der Waals surface area contributed by atoms with Crippen molar-refractivity contribution < 1.29 is 4.79 Å². The lowest BCUT2D eigenvalue weighted by molar-refractivity contribution is -0.134. The van der Waals surface area contributed by atoms with Crippen molar-refractivity contribution in [2.24, 2.45) is 0 Å². The van der Waals surface area contributed by atoms with E-state index < -0.39 is 0 Å². The second kappa shape index (κ2) is 11.0. The topological polar surface area (TPSA) is 25.2 Å². The molecular formula is C29H29ClN2O. The first-order valence-electron chi connectivity index (χ1n) is 11.4. The third-order valence-electron chi connectivity index (χ3n) is 6.01. The molecule has 0 aliphatic rings. The highest BCUT2D eigenvalue weighted by molar-refractivity contribution is 6.31. The summed E-state index contributed by atoms with van der Waals surface area (Å²) in [6.07, 6.45) is 2.81. The van der Waals surface area contributed by atoms with E-state index in [9.17, 15) is 4.79 Å². The van der Waals surface area contributed by atoms with Gasteiger partial charge < -0.3 is 9.47 Å². The molecule has 168 valence electrons. The summed E-state index contributed by atoms with van der Waals surface area (Å²) < 4.78 is 2.18. The number of benzene rings is 3. The molecule has 1 amide bonds. The molecule has 0 radical (unpaired) electrons. The van der Waals surface area contributed by atoms with Crippen molar-refractivity contribution in [3.05, 3.63) is 131 Å². The fourth-order valence-corrected chi connectivity index (χ4v) is 4.42. The third kappa shape index (κ3) is 5.74. The lowest BCUT2D eigenvalue weighted by Gasteiger charge is -2.28. The van der Waals surface area contributed by atoms with E-state index in [1.807, 2.05) is 83.8 Å². The Hall–Kier alpha value is -3.30. The molecule has 1 aromatic heterocycles. The number of carbonyl (C=O) groups is 1. The summed E-state index contributed by atoms with van der Waals surface area (Å²) in [4.78, 5) is 15.8. The molecule has 0 aliphatic heterocycles. The first kappa shape index (κ1) is 22.9. The summed E-state index contributed by atoms with van der Waals surface area (Å²) in [5.41, 5.74) is 4.34. The van der Waals surface area contributed by atoms with Gasteiger partial charge in [0.25, 0.3) is 0 Å². The predicted molar refractivity (Wildman–Crippen MR) is 135 cm³/mol. The Morgan fingerprint density at radius 3 is 2.21 bits per heavy atom. The standard InChI is InChI=1S/C29H29ClN2O/c1-2-27(24-14-7-4-8-15-24)29(33)32(20-23-12-5-3-6-13-23)22-26-17-11-19-31(26)21-25-16-9-10-18-28(25)30/h3-19,27H,2,20-22H2,1H3. The molecule has 3 aromatic carbocycles. The first-order valence-corrected chi connectivity index (χ1v) is 11.8. The van der Waals surface area contributed by atoms with E-state index in [-0.39, 0.29) is 11.8 Å². The Morgan fingerprint density at radius 2 is 1.52 bits per heavy atom. The largest absolute Gasteiger partial charge is 0.345 e. The van der Waals surface area contributed by atoms with Gasteiger partial charge in [-0.3, -0.25) is 4.79 Å². The molecule has 3 nitrogen and oxygen atoms in total. The van der Waals surface area contributed by atoms with E-state index in [1.165, 1.54) is 0 Å². The lowest BCUT2D eigenvalue weighted by atomic mass is 9.94. The van der Waals surface area contributed by atoms with Crippen LogP contribution in [-0.2, 0) is 24.4 Å². The van der Waals surface area contributed by atoms with Gasteiger partial charge >= 0.3 is 0 Å². The van der Waals surface area contributed by atoms with Crippen LogP contribution in [0.3, 0.4) is 0 Å². The van der Waals surface area contributed by atoms with Crippen molar-refractivity contribution in [2.75, 3.05) is 0 Å². The highest BCUT2D eigenvalue weighted by atomic mass is 35.5. The summed E-state index contributed by atoms with van der Waals surface area (Å²) in [7, 11) is 0. The summed E-state index contributed by atoms with van der Waals surface area (Å²) in [5.74, 6) is -0.0139. The number of hydrogen-bond acceptors (Lipinski definition) is 1. The van der Waals surface area contributed by atoms with Crippen molar-refractivity contribution in [1.29, 1.82) is 0 Å². The Balaban J connectivity index is 1.62. The van der Waals surface area contributed by atoms with Crippen molar-refractivity contribution >= 4 is 17.5 Å². The van der Waals surface area contributed by atoms with E-state index in [4.69, 9.17) is 11.6 Å². The highest BCUT2D eigenvalue weighted by Gasteiger charge is 2.25. The molecule has 4 aromatic rings. The van der Waals surface area contributed by atoms with Crippen molar-refractivity contribution in [3.63, 3.8) is 0 Å². The van der Waals surface area contributed by atoms with Crippen LogP contribution in [0.15, 0.2) is 103 Å². The maximum atomic E-state index is 13.8. The zero-order valence-corrected chi connectivity index (χ0v) is 19.7. The molecule has 0 saturated heterocycles. The molecule has 1 atom stereocenters. The molecule has 0 spiro atoms. The molecule has 0 saturated carbocycles. The number of carbonyl (C=O) groups excluding carboxylic acids is 1. The van der Waals surface area contributed by atoms with E-state index >= 15 is 0 Å². The maximum absolute atomic E-state index is 13.8. The summed E-state index contributed by atoms with van der Waals surface area (Å²) in [6, 6.07) is 32.3. The van der Waals surface area contributed by atoms with Gasteiger partial charge in [0, 0.05) is 30.0 Å². The van der Waals surface area contributed by atoms with E-state index in [0.29, 0.717) is 19.6 Å². The molecule has 0 fully saturated rings. The van der Waals surface area contributed by atoms with Gasteiger partial charge in [-0.05, 0) is 41.3 Å². The minimum Gasteiger partial charge on any atom is -0.345 e. The quantitative estimate of drug-likeness (QED) is 0.268. The lowest BCUT2D eigenvalue weighted by Crippen LogP contribution is -2.35. The molecule has 1 heterocycles. The minimum absolute atomic E-state index is 0.151. The predicted octanol–water partition coefficient (Wildman–Crippen LogP) is 6.91. The van der Waals surface area contributed by atoms with Crippen molar-refractivity contribution in [3.8, 4) is 0 Å². The van der Waals surface area contributed by atoms with Gasteiger partial charge in [0.05, 0.1) is 12.5 Å². The van der Waals surface area contributed by atoms with Crippen LogP contribution >= 0.6 is 11.6 Å². The van der Waals surface area contributed by atoms with Crippen LogP contribution in [0, 0.1) is 0 Å². The number of amides is 1. The summed E-state index contributed by atoms with van der Waals surface area (Å²) in [5, 5.41) is 0.754. The number of hydrogen-bond donors (Lipinski definition) is 0. The SMILES string of the molecule is CCC(C(=O)N(Cc1ccccc1)Cc1cccn1Cc1ccccc1Cl)c1ccccc1. The van der Waals surface area contributed by atoms with E-state index in [1.54, 1.807) is 0 Å². The van der Waals surface area contributed by atoms with Crippen LogP contribution in [0.5, 0.6) is 0 Å². The third-order valence-corrected chi connectivity index (χ3v) is 6.38. The van der Waals surface area contributed by atoms with Crippen molar-refractivity contribution in [1.82, 2.24) is 9.47 Å². The van der Waals surface area contributed by atoms with Crippen LogP contribution < -0.4 is 0 Å². The maximum Gasteiger partial charge on any atom is 0.230 e. The summed E-state index contributed by atoms with van der Waals surface area (Å²) >= 11 is 6.41. The molecule has 33 heavy (non-hydrogen) atoms. The van der Waals surface area contributed by atoms with Crippen LogP contribution in [-0.4, -0.2) is 15.4 Å². The normalized spacial score (nSPS) is 11.8. The van der Waals surface area contributed by atoms with Crippen molar-refractivity contribution in [2.45, 2.75) is 38.9 Å². The average molecular weight is 457 g/mol. The van der Waals surface area contributed by atoms with Gasteiger partial charge in [-0.1, -0.05) is 97.4 Å². The second-order valence-corrected chi connectivity index (χ2v) is 8.68. The molecular weight excluding hydrogens is 428 g/mol. The zero-order chi connectivity index (χ0) is 23.0. The van der Waals surface area contributed by atoms with E-state index in [0.717, 1.165) is 33.8 Å². The second-order valence-electron chi connectivity index (χ2n) is 8.27. The molecule has 0 aliphatic carbocycles. The molecule has 4 rings (SSSR count). The molecule has 1 unspecified atom stereocenters. The minimum atomic E-state index is -0.165. The monoisotopic (exact) mass is 456 g/mol. The summed E-state index contributed by atoms with van der Waals surface area (Å²) in [6.45, 7) is 3.86. The Kier molecular flexibility index (Phi) is 7.64. The number of rotatable bonds is 9. The van der Waals surface area contributed by atoms with Gasteiger partial charge in [0.2, 0.25) is 5.91 Å². The smallest absolute Gasteiger partial charge is 0.230 e. The Labute approximate surface area is 201 Å².